The molecule has 0 aliphatic rings. The number of nitrogens with zero attached hydrogens (tertiary/aromatic N) is 2. The first-order valence-corrected chi connectivity index (χ1v) is 8.18. The first kappa shape index (κ1) is 15.6. The number of aryl methyl sites for hydroxylation is 2. The Bertz CT molecular complexity index is 720. The Labute approximate surface area is 127 Å². The summed E-state index contributed by atoms with van der Waals surface area (Å²) in [5, 5.41) is 5.65. The topological polar surface area (TPSA) is 79.3 Å². The third-order valence-electron chi connectivity index (χ3n) is 3.51. The van der Waals surface area contributed by atoms with Crippen molar-refractivity contribution in [2.24, 2.45) is 5.92 Å². The molecule has 1 amide bonds. The SMILES string of the molecule is CSC[C@@H](C)C(=O)NCc1c(C)nc2cc(=O)[nH]n2c1C. The Kier molecular flexibility index (Phi) is 4.72. The van der Waals surface area contributed by atoms with E-state index in [1.807, 2.05) is 27.0 Å². The summed E-state index contributed by atoms with van der Waals surface area (Å²) in [6.07, 6.45) is 1.98. The van der Waals surface area contributed by atoms with Gasteiger partial charge in [0.05, 0.1) is 0 Å². The minimum atomic E-state index is -0.181. The highest BCUT2D eigenvalue weighted by molar-refractivity contribution is 7.98. The number of rotatable bonds is 5. The van der Waals surface area contributed by atoms with Crippen molar-refractivity contribution < 1.29 is 4.79 Å². The van der Waals surface area contributed by atoms with Crippen LogP contribution in [0.4, 0.5) is 0 Å². The van der Waals surface area contributed by atoms with E-state index < -0.39 is 0 Å². The number of carbonyl (C=O) groups excluding carboxylic acids is 1. The third-order valence-corrected chi connectivity index (χ3v) is 4.34. The van der Waals surface area contributed by atoms with Gasteiger partial charge in [-0.25, -0.2) is 9.50 Å². The van der Waals surface area contributed by atoms with Gasteiger partial charge in [-0.3, -0.25) is 14.7 Å². The molecule has 2 rings (SSSR count). The summed E-state index contributed by atoms with van der Waals surface area (Å²) in [6.45, 7) is 6.12. The van der Waals surface area contributed by atoms with Gasteiger partial charge < -0.3 is 5.32 Å². The zero-order chi connectivity index (χ0) is 15.6. The average molecular weight is 308 g/mol. The van der Waals surface area contributed by atoms with Crippen LogP contribution in [-0.4, -0.2) is 32.5 Å². The van der Waals surface area contributed by atoms with Gasteiger partial charge in [0.1, 0.15) is 0 Å². The monoisotopic (exact) mass is 308 g/mol. The second kappa shape index (κ2) is 6.34. The standard InChI is InChI=1S/C14H20N4O2S/c1-8(7-21-4)14(20)15-6-11-9(2)16-12-5-13(19)17-18(12)10(11)3/h5,8H,6-7H2,1-4H3,(H,15,20)(H,17,19)/t8-/m1/s1. The number of hydrogen-bond acceptors (Lipinski definition) is 4. The van der Waals surface area contributed by atoms with Gasteiger partial charge in [0.15, 0.2) is 5.65 Å². The molecule has 0 unspecified atom stereocenters. The fraction of sp³-hybridized carbons (Fsp3) is 0.500. The molecule has 2 aromatic heterocycles. The van der Waals surface area contributed by atoms with Gasteiger partial charge in [0.25, 0.3) is 5.56 Å². The number of H-pyrrole nitrogens is 1. The molecular formula is C14H20N4O2S. The summed E-state index contributed by atoms with van der Waals surface area (Å²) in [5.41, 5.74) is 3.06. The Morgan fingerprint density at radius 3 is 2.90 bits per heavy atom. The van der Waals surface area contributed by atoms with Crippen LogP contribution in [0.3, 0.4) is 0 Å². The van der Waals surface area contributed by atoms with E-state index in [2.05, 4.69) is 15.4 Å². The molecule has 0 spiro atoms. The summed E-state index contributed by atoms with van der Waals surface area (Å²) in [6, 6.07) is 1.46. The summed E-state index contributed by atoms with van der Waals surface area (Å²) in [5.74, 6) is 0.805. The van der Waals surface area contributed by atoms with Crippen LogP contribution in [0.25, 0.3) is 5.65 Å². The van der Waals surface area contributed by atoms with E-state index in [1.165, 1.54) is 6.07 Å². The first-order chi connectivity index (χ1) is 9.93. The molecule has 1 atom stereocenters. The molecule has 2 N–H and O–H groups in total. The number of aromatic amines is 1. The van der Waals surface area contributed by atoms with E-state index in [9.17, 15) is 9.59 Å². The highest BCUT2D eigenvalue weighted by Gasteiger charge is 2.15. The van der Waals surface area contributed by atoms with E-state index in [1.54, 1.807) is 16.3 Å². The van der Waals surface area contributed by atoms with Gasteiger partial charge in [-0.15, -0.1) is 0 Å². The van der Waals surface area contributed by atoms with Gasteiger partial charge in [0, 0.05) is 41.2 Å². The third kappa shape index (κ3) is 3.29. The lowest BCUT2D eigenvalue weighted by atomic mass is 10.1. The zero-order valence-corrected chi connectivity index (χ0v) is 13.5. The van der Waals surface area contributed by atoms with E-state index in [-0.39, 0.29) is 17.4 Å². The van der Waals surface area contributed by atoms with Crippen molar-refractivity contribution in [2.45, 2.75) is 27.3 Å². The first-order valence-electron chi connectivity index (χ1n) is 6.78. The molecule has 7 heteroatoms. The molecule has 6 nitrogen and oxygen atoms in total. The summed E-state index contributed by atoms with van der Waals surface area (Å²) >= 11 is 1.65. The number of hydrogen-bond donors (Lipinski definition) is 2. The second-order valence-electron chi connectivity index (χ2n) is 5.15. The molecule has 21 heavy (non-hydrogen) atoms. The smallest absolute Gasteiger partial charge is 0.266 e. The van der Waals surface area contributed by atoms with Gasteiger partial charge in [-0.05, 0) is 20.1 Å². The van der Waals surface area contributed by atoms with Crippen molar-refractivity contribution in [3.05, 3.63) is 33.4 Å². The van der Waals surface area contributed by atoms with Gasteiger partial charge in [0.2, 0.25) is 5.91 Å². The number of thioether (sulfide) groups is 1. The van der Waals surface area contributed by atoms with E-state index in [0.717, 1.165) is 22.7 Å². The Morgan fingerprint density at radius 2 is 2.24 bits per heavy atom. The highest BCUT2D eigenvalue weighted by Crippen LogP contribution is 2.13. The van der Waals surface area contributed by atoms with Crippen LogP contribution in [0, 0.1) is 19.8 Å². The van der Waals surface area contributed by atoms with Crippen LogP contribution in [-0.2, 0) is 11.3 Å². The maximum absolute atomic E-state index is 12.0. The van der Waals surface area contributed by atoms with Crippen LogP contribution >= 0.6 is 11.8 Å². The molecule has 0 fully saturated rings. The highest BCUT2D eigenvalue weighted by atomic mass is 32.2. The predicted octanol–water partition coefficient (Wildman–Crippen LogP) is 1.25. The summed E-state index contributed by atoms with van der Waals surface area (Å²) in [7, 11) is 0. The molecular weight excluding hydrogens is 288 g/mol. The van der Waals surface area contributed by atoms with Crippen LogP contribution < -0.4 is 10.9 Å². The molecule has 0 saturated heterocycles. The molecule has 0 bridgehead atoms. The molecule has 2 aromatic rings. The fourth-order valence-corrected chi connectivity index (χ4v) is 2.94. The van der Waals surface area contributed by atoms with Crippen molar-refractivity contribution >= 4 is 23.3 Å². The maximum atomic E-state index is 12.0. The largest absolute Gasteiger partial charge is 0.352 e. The maximum Gasteiger partial charge on any atom is 0.266 e. The molecule has 2 heterocycles. The van der Waals surface area contributed by atoms with Crippen LogP contribution in [0.1, 0.15) is 23.9 Å². The van der Waals surface area contributed by atoms with Gasteiger partial charge in [-0.2, -0.15) is 11.8 Å². The lowest BCUT2D eigenvalue weighted by molar-refractivity contribution is -0.124. The Balaban J connectivity index is 2.22. The summed E-state index contributed by atoms with van der Waals surface area (Å²) in [4.78, 5) is 27.8. The predicted molar refractivity (Wildman–Crippen MR) is 84.7 cm³/mol. The molecule has 0 aliphatic heterocycles. The lowest BCUT2D eigenvalue weighted by Gasteiger charge is -2.14. The molecule has 0 saturated carbocycles. The van der Waals surface area contributed by atoms with E-state index in [0.29, 0.717) is 12.2 Å². The zero-order valence-electron chi connectivity index (χ0n) is 12.7. The minimum Gasteiger partial charge on any atom is -0.352 e. The average Bonchev–Trinajstić information content (AvgIpc) is 2.79. The van der Waals surface area contributed by atoms with Crippen LogP contribution in [0.15, 0.2) is 10.9 Å². The Hall–Kier alpha value is -1.76. The van der Waals surface area contributed by atoms with Crippen molar-refractivity contribution in [1.82, 2.24) is 19.9 Å². The number of carbonyl (C=O) groups is 1. The lowest BCUT2D eigenvalue weighted by Crippen LogP contribution is -2.30. The van der Waals surface area contributed by atoms with Gasteiger partial charge in [-0.1, -0.05) is 6.92 Å². The molecule has 114 valence electrons. The van der Waals surface area contributed by atoms with Crippen molar-refractivity contribution in [3.63, 3.8) is 0 Å². The Morgan fingerprint density at radius 1 is 1.52 bits per heavy atom. The van der Waals surface area contributed by atoms with E-state index >= 15 is 0 Å². The quantitative estimate of drug-likeness (QED) is 0.871. The van der Waals surface area contributed by atoms with E-state index in [4.69, 9.17) is 0 Å². The number of aromatic nitrogens is 3. The van der Waals surface area contributed by atoms with Crippen LogP contribution in [0.5, 0.6) is 0 Å². The van der Waals surface area contributed by atoms with Crippen molar-refractivity contribution in [3.8, 4) is 0 Å². The number of amides is 1. The number of fused-ring (bicyclic) bond motifs is 1. The molecule has 0 aromatic carbocycles. The minimum absolute atomic E-state index is 0.0244. The van der Waals surface area contributed by atoms with Crippen LogP contribution in [0.2, 0.25) is 0 Å². The normalized spacial score (nSPS) is 12.6. The van der Waals surface area contributed by atoms with Crippen molar-refractivity contribution in [1.29, 1.82) is 0 Å². The van der Waals surface area contributed by atoms with Gasteiger partial charge >= 0.3 is 0 Å². The molecule has 0 aliphatic carbocycles. The second-order valence-corrected chi connectivity index (χ2v) is 6.06. The molecule has 0 radical (unpaired) electrons. The summed E-state index contributed by atoms with van der Waals surface area (Å²) < 4.78 is 1.65. The van der Waals surface area contributed by atoms with Crippen molar-refractivity contribution in [2.75, 3.05) is 12.0 Å². The number of nitrogens with one attached hydrogen (secondary N) is 2. The fourth-order valence-electron chi connectivity index (χ4n) is 2.29.